The Kier molecular flexibility index (Phi) is 5.30. The molecule has 0 heterocycles. The van der Waals surface area contributed by atoms with Crippen molar-refractivity contribution in [3.63, 3.8) is 0 Å². The molecule has 1 nitrogen and oxygen atoms in total. The van der Waals surface area contributed by atoms with E-state index in [0.29, 0.717) is 12.2 Å². The summed E-state index contributed by atoms with van der Waals surface area (Å²) in [6, 6.07) is 0. The lowest BCUT2D eigenvalue weighted by Gasteiger charge is -2.07. The smallest absolute Gasteiger partial charge is 0.116 e. The molecule has 0 aromatic rings. The van der Waals surface area contributed by atoms with Gasteiger partial charge >= 0.3 is 0 Å². The monoisotopic (exact) mass is 170 g/mol. The van der Waals surface area contributed by atoms with Crippen LogP contribution >= 0.6 is 0 Å². The van der Waals surface area contributed by atoms with Gasteiger partial charge in [-0.1, -0.05) is 19.2 Å². The molecule has 12 heavy (non-hydrogen) atoms. The first-order valence-electron chi connectivity index (χ1n) is 3.85. The Morgan fingerprint density at radius 1 is 1.58 bits per heavy atom. The van der Waals surface area contributed by atoms with Gasteiger partial charge in [0.2, 0.25) is 0 Å². The lowest BCUT2D eigenvalue weighted by molar-refractivity contribution is 0.0987. The third-order valence-corrected chi connectivity index (χ3v) is 1.19. The van der Waals surface area contributed by atoms with E-state index < -0.39 is 5.83 Å². The maximum absolute atomic E-state index is 12.3. The highest BCUT2D eigenvalue weighted by molar-refractivity contribution is 5.24. The molecule has 0 rings (SSSR count). The molecule has 0 unspecified atom stereocenters. The molecule has 68 valence electrons. The van der Waals surface area contributed by atoms with Gasteiger partial charge in [-0.15, -0.1) is 0 Å². The molecule has 0 aliphatic heterocycles. The summed E-state index contributed by atoms with van der Waals surface area (Å²) >= 11 is 0. The van der Waals surface area contributed by atoms with E-state index in [1.165, 1.54) is 6.08 Å². The van der Waals surface area contributed by atoms with Crippen LogP contribution in [-0.2, 0) is 4.74 Å². The zero-order valence-corrected chi connectivity index (χ0v) is 7.64. The average Bonchev–Trinajstić information content (AvgIpc) is 1.97. The molecule has 0 bridgehead atoms. The summed E-state index contributed by atoms with van der Waals surface area (Å²) in [6.07, 6.45) is 3.02. The minimum Gasteiger partial charge on any atom is -0.374 e. The van der Waals surface area contributed by atoms with E-state index in [-0.39, 0.29) is 6.10 Å². The number of hydrogen-bond acceptors (Lipinski definition) is 1. The topological polar surface area (TPSA) is 9.23 Å². The highest BCUT2D eigenvalue weighted by Gasteiger charge is 1.96. The Labute approximate surface area is 73.2 Å². The quantitative estimate of drug-likeness (QED) is 0.576. The van der Waals surface area contributed by atoms with Gasteiger partial charge in [0.25, 0.3) is 0 Å². The molecular weight excluding hydrogens is 155 g/mol. The Balaban J connectivity index is 4.00. The largest absolute Gasteiger partial charge is 0.374 e. The Morgan fingerprint density at radius 2 is 2.17 bits per heavy atom. The summed E-state index contributed by atoms with van der Waals surface area (Å²) in [4.78, 5) is 0. The van der Waals surface area contributed by atoms with Crippen molar-refractivity contribution in [3.8, 4) is 0 Å². The summed E-state index contributed by atoms with van der Waals surface area (Å²) in [5.41, 5.74) is 0.705. The Morgan fingerprint density at radius 3 is 2.50 bits per heavy atom. The normalized spacial score (nSPS) is 11.8. The summed E-state index contributed by atoms with van der Waals surface area (Å²) in [5.74, 6) is -0.475. The SMILES string of the molecule is C=C/C(=C\C(=C)F)COC(C)C. The van der Waals surface area contributed by atoms with Gasteiger partial charge in [0, 0.05) is 0 Å². The van der Waals surface area contributed by atoms with Crippen molar-refractivity contribution >= 4 is 0 Å². The molecule has 0 atom stereocenters. The van der Waals surface area contributed by atoms with Crippen LogP contribution in [0.1, 0.15) is 13.8 Å². The van der Waals surface area contributed by atoms with Crippen molar-refractivity contribution in [1.29, 1.82) is 0 Å². The van der Waals surface area contributed by atoms with Crippen molar-refractivity contribution in [1.82, 2.24) is 0 Å². The van der Waals surface area contributed by atoms with E-state index in [2.05, 4.69) is 13.2 Å². The van der Waals surface area contributed by atoms with Gasteiger partial charge in [0.15, 0.2) is 0 Å². The number of allylic oxidation sites excluding steroid dienone is 2. The number of ether oxygens (including phenoxy) is 1. The fourth-order valence-corrected chi connectivity index (χ4v) is 0.624. The minimum absolute atomic E-state index is 0.140. The van der Waals surface area contributed by atoms with Crippen LogP contribution in [0.2, 0.25) is 0 Å². The van der Waals surface area contributed by atoms with Crippen LogP contribution in [-0.4, -0.2) is 12.7 Å². The maximum atomic E-state index is 12.3. The van der Waals surface area contributed by atoms with Crippen molar-refractivity contribution < 1.29 is 9.13 Å². The highest BCUT2D eigenvalue weighted by atomic mass is 19.1. The molecule has 0 aromatic heterocycles. The zero-order chi connectivity index (χ0) is 9.56. The van der Waals surface area contributed by atoms with E-state index in [9.17, 15) is 4.39 Å². The first-order chi connectivity index (χ1) is 5.56. The molecule has 0 aliphatic carbocycles. The highest BCUT2D eigenvalue weighted by Crippen LogP contribution is 2.04. The number of rotatable bonds is 5. The van der Waals surface area contributed by atoms with Crippen molar-refractivity contribution in [2.45, 2.75) is 20.0 Å². The predicted octanol–water partition coefficient (Wildman–Crippen LogP) is 3.01. The lowest BCUT2D eigenvalue weighted by atomic mass is 10.2. The van der Waals surface area contributed by atoms with E-state index >= 15 is 0 Å². The second-order valence-corrected chi connectivity index (χ2v) is 2.73. The van der Waals surface area contributed by atoms with Crippen LogP contribution in [0.25, 0.3) is 0 Å². The molecule has 0 saturated carbocycles. The summed E-state index contributed by atoms with van der Waals surface area (Å²) in [7, 11) is 0. The molecule has 2 heteroatoms. The van der Waals surface area contributed by atoms with Crippen molar-refractivity contribution in [2.24, 2.45) is 0 Å². The Bertz CT molecular complexity index is 192. The molecule has 0 fully saturated rings. The maximum Gasteiger partial charge on any atom is 0.116 e. The second kappa shape index (κ2) is 5.72. The van der Waals surface area contributed by atoms with Gasteiger partial charge < -0.3 is 4.74 Å². The van der Waals surface area contributed by atoms with Gasteiger partial charge in [-0.3, -0.25) is 0 Å². The lowest BCUT2D eigenvalue weighted by Crippen LogP contribution is -2.04. The first kappa shape index (κ1) is 11.1. The molecule has 0 amide bonds. The zero-order valence-electron chi connectivity index (χ0n) is 7.64. The van der Waals surface area contributed by atoms with Crippen LogP contribution in [0, 0.1) is 0 Å². The minimum atomic E-state index is -0.475. The third-order valence-electron chi connectivity index (χ3n) is 1.19. The Hall–Kier alpha value is -0.890. The van der Waals surface area contributed by atoms with Gasteiger partial charge in [-0.05, 0) is 25.5 Å². The second-order valence-electron chi connectivity index (χ2n) is 2.73. The van der Waals surface area contributed by atoms with Crippen LogP contribution in [0.3, 0.4) is 0 Å². The summed E-state index contributed by atoms with van der Waals surface area (Å²) in [5, 5.41) is 0. The standard InChI is InChI=1S/C10H15FO/c1-5-10(6-9(4)11)7-12-8(2)3/h5-6,8H,1,4,7H2,2-3H3/b10-6+. The number of hydrogen-bond donors (Lipinski definition) is 0. The molecule has 0 spiro atoms. The third kappa shape index (κ3) is 5.86. The first-order valence-corrected chi connectivity index (χ1v) is 3.85. The van der Waals surface area contributed by atoms with Gasteiger partial charge in [-0.25, -0.2) is 4.39 Å². The summed E-state index contributed by atoms with van der Waals surface area (Å²) in [6.45, 7) is 10.9. The molecule has 0 aliphatic rings. The van der Waals surface area contributed by atoms with Crippen LogP contribution in [0.4, 0.5) is 4.39 Å². The molecular formula is C10H15FO. The van der Waals surface area contributed by atoms with E-state index in [1.807, 2.05) is 13.8 Å². The molecule has 0 saturated heterocycles. The predicted molar refractivity (Wildman–Crippen MR) is 49.6 cm³/mol. The van der Waals surface area contributed by atoms with Gasteiger partial charge in [0.1, 0.15) is 5.83 Å². The fraction of sp³-hybridized carbons (Fsp3) is 0.400. The van der Waals surface area contributed by atoms with Crippen molar-refractivity contribution in [3.05, 3.63) is 36.7 Å². The van der Waals surface area contributed by atoms with Crippen LogP contribution in [0.5, 0.6) is 0 Å². The van der Waals surface area contributed by atoms with E-state index in [4.69, 9.17) is 4.74 Å². The number of halogens is 1. The fourth-order valence-electron chi connectivity index (χ4n) is 0.624. The average molecular weight is 170 g/mol. The molecule has 0 radical (unpaired) electrons. The van der Waals surface area contributed by atoms with Crippen molar-refractivity contribution in [2.75, 3.05) is 6.61 Å². The van der Waals surface area contributed by atoms with Gasteiger partial charge in [-0.2, -0.15) is 0 Å². The molecule has 0 aromatic carbocycles. The van der Waals surface area contributed by atoms with Crippen LogP contribution < -0.4 is 0 Å². The van der Waals surface area contributed by atoms with E-state index in [0.717, 1.165) is 0 Å². The molecule has 0 N–H and O–H groups in total. The van der Waals surface area contributed by atoms with Crippen LogP contribution in [0.15, 0.2) is 36.7 Å². The van der Waals surface area contributed by atoms with Gasteiger partial charge in [0.05, 0.1) is 12.7 Å². The summed E-state index contributed by atoms with van der Waals surface area (Å²) < 4.78 is 17.5. The van der Waals surface area contributed by atoms with E-state index in [1.54, 1.807) is 6.08 Å².